The van der Waals surface area contributed by atoms with Gasteiger partial charge < -0.3 is 5.32 Å². The smallest absolute Gasteiger partial charge is 0.0841 e. The van der Waals surface area contributed by atoms with Crippen molar-refractivity contribution in [2.24, 2.45) is 0 Å². The number of hydrogen-bond donors (Lipinski definition) is 1. The van der Waals surface area contributed by atoms with Crippen LogP contribution < -0.4 is 5.32 Å². The van der Waals surface area contributed by atoms with Crippen LogP contribution >= 0.6 is 15.9 Å². The summed E-state index contributed by atoms with van der Waals surface area (Å²) in [7, 11) is 0. The SMILES string of the molecule is Cc1ccc(Br)cc1C(C)(C)CNCC#N. The highest BCUT2D eigenvalue weighted by Crippen LogP contribution is 2.28. The minimum atomic E-state index is 0.0325. The van der Waals surface area contributed by atoms with Crippen LogP contribution in [0.15, 0.2) is 22.7 Å². The van der Waals surface area contributed by atoms with Gasteiger partial charge in [-0.3, -0.25) is 0 Å². The highest BCUT2D eigenvalue weighted by Gasteiger charge is 2.22. The van der Waals surface area contributed by atoms with Crippen molar-refractivity contribution in [1.29, 1.82) is 5.26 Å². The average Bonchev–Trinajstić information content (AvgIpc) is 2.22. The monoisotopic (exact) mass is 280 g/mol. The number of nitrogens with one attached hydrogen (secondary N) is 1. The van der Waals surface area contributed by atoms with E-state index in [1.165, 1.54) is 11.1 Å². The summed E-state index contributed by atoms with van der Waals surface area (Å²) in [4.78, 5) is 0. The molecule has 0 fully saturated rings. The van der Waals surface area contributed by atoms with E-state index in [2.05, 4.69) is 66.3 Å². The van der Waals surface area contributed by atoms with Crippen molar-refractivity contribution in [1.82, 2.24) is 5.32 Å². The van der Waals surface area contributed by atoms with Crippen molar-refractivity contribution < 1.29 is 0 Å². The Morgan fingerprint density at radius 1 is 1.44 bits per heavy atom. The van der Waals surface area contributed by atoms with Crippen LogP contribution in [0.3, 0.4) is 0 Å². The maximum atomic E-state index is 8.51. The molecule has 0 amide bonds. The first kappa shape index (κ1) is 13.2. The highest BCUT2D eigenvalue weighted by atomic mass is 79.9. The molecular formula is C13H17BrN2. The molecule has 0 aliphatic rings. The van der Waals surface area contributed by atoms with Gasteiger partial charge in [0.05, 0.1) is 12.6 Å². The fraction of sp³-hybridized carbons (Fsp3) is 0.462. The van der Waals surface area contributed by atoms with E-state index in [4.69, 9.17) is 5.26 Å². The molecule has 0 heterocycles. The Hall–Kier alpha value is -0.850. The van der Waals surface area contributed by atoms with Gasteiger partial charge in [-0.1, -0.05) is 35.8 Å². The zero-order chi connectivity index (χ0) is 12.2. The zero-order valence-electron chi connectivity index (χ0n) is 9.97. The predicted octanol–water partition coefficient (Wildman–Crippen LogP) is 3.15. The Kier molecular flexibility index (Phi) is 4.52. The molecule has 1 N–H and O–H groups in total. The lowest BCUT2D eigenvalue weighted by Crippen LogP contribution is -2.33. The molecule has 0 aliphatic heterocycles. The summed E-state index contributed by atoms with van der Waals surface area (Å²) in [6.45, 7) is 7.69. The molecule has 0 spiro atoms. The second-order valence-corrected chi connectivity index (χ2v) is 5.52. The van der Waals surface area contributed by atoms with Gasteiger partial charge in [-0.15, -0.1) is 0 Å². The second-order valence-electron chi connectivity index (χ2n) is 4.60. The van der Waals surface area contributed by atoms with Gasteiger partial charge >= 0.3 is 0 Å². The minimum Gasteiger partial charge on any atom is -0.304 e. The zero-order valence-corrected chi connectivity index (χ0v) is 11.6. The van der Waals surface area contributed by atoms with Crippen LogP contribution in [0.1, 0.15) is 25.0 Å². The van der Waals surface area contributed by atoms with Crippen LogP contribution in [-0.2, 0) is 5.41 Å². The van der Waals surface area contributed by atoms with Crippen molar-refractivity contribution in [3.63, 3.8) is 0 Å². The molecule has 0 atom stereocenters. The Morgan fingerprint density at radius 3 is 2.75 bits per heavy atom. The van der Waals surface area contributed by atoms with Crippen LogP contribution in [0.2, 0.25) is 0 Å². The van der Waals surface area contributed by atoms with Crippen LogP contribution in [-0.4, -0.2) is 13.1 Å². The largest absolute Gasteiger partial charge is 0.304 e. The summed E-state index contributed by atoms with van der Waals surface area (Å²) in [6.07, 6.45) is 0. The first-order valence-electron chi connectivity index (χ1n) is 5.31. The van der Waals surface area contributed by atoms with Crippen LogP contribution in [0.25, 0.3) is 0 Å². The van der Waals surface area contributed by atoms with E-state index < -0.39 is 0 Å². The molecule has 16 heavy (non-hydrogen) atoms. The minimum absolute atomic E-state index is 0.0325. The maximum Gasteiger partial charge on any atom is 0.0841 e. The van der Waals surface area contributed by atoms with Gasteiger partial charge in [-0.05, 0) is 30.2 Å². The Bertz CT molecular complexity index is 405. The second kappa shape index (κ2) is 5.47. The maximum absolute atomic E-state index is 8.51. The number of aryl methyl sites for hydroxylation is 1. The number of benzene rings is 1. The van der Waals surface area contributed by atoms with Crippen LogP contribution in [0.5, 0.6) is 0 Å². The third kappa shape index (κ3) is 3.33. The van der Waals surface area contributed by atoms with E-state index in [0.717, 1.165) is 11.0 Å². The Balaban J connectivity index is 2.88. The molecular weight excluding hydrogens is 264 g/mol. The third-order valence-electron chi connectivity index (χ3n) is 2.70. The van der Waals surface area contributed by atoms with Gasteiger partial charge in [-0.25, -0.2) is 0 Å². The number of hydrogen-bond acceptors (Lipinski definition) is 2. The van der Waals surface area contributed by atoms with Crippen molar-refractivity contribution in [3.05, 3.63) is 33.8 Å². The van der Waals surface area contributed by atoms with Gasteiger partial charge in [0.1, 0.15) is 0 Å². The van der Waals surface area contributed by atoms with Crippen molar-refractivity contribution in [2.75, 3.05) is 13.1 Å². The van der Waals surface area contributed by atoms with Gasteiger partial charge in [0.25, 0.3) is 0 Å². The summed E-state index contributed by atoms with van der Waals surface area (Å²) < 4.78 is 1.10. The van der Waals surface area contributed by atoms with Gasteiger partial charge in [0.2, 0.25) is 0 Å². The topological polar surface area (TPSA) is 35.8 Å². The van der Waals surface area contributed by atoms with Crippen LogP contribution in [0, 0.1) is 18.3 Å². The van der Waals surface area contributed by atoms with E-state index in [0.29, 0.717) is 6.54 Å². The van der Waals surface area contributed by atoms with Gasteiger partial charge in [0.15, 0.2) is 0 Å². The highest BCUT2D eigenvalue weighted by molar-refractivity contribution is 9.10. The lowest BCUT2D eigenvalue weighted by atomic mass is 9.82. The van der Waals surface area contributed by atoms with Crippen molar-refractivity contribution in [2.45, 2.75) is 26.2 Å². The number of nitrogens with zero attached hydrogens (tertiary/aromatic N) is 1. The number of nitriles is 1. The molecule has 2 nitrogen and oxygen atoms in total. The Labute approximate surface area is 106 Å². The fourth-order valence-electron chi connectivity index (χ4n) is 1.85. The van der Waals surface area contributed by atoms with E-state index in [-0.39, 0.29) is 5.41 Å². The van der Waals surface area contributed by atoms with Gasteiger partial charge in [0, 0.05) is 16.4 Å². The molecule has 0 radical (unpaired) electrons. The molecule has 0 unspecified atom stereocenters. The summed E-state index contributed by atoms with van der Waals surface area (Å²) in [5.41, 5.74) is 2.63. The Morgan fingerprint density at radius 2 is 2.12 bits per heavy atom. The molecule has 3 heteroatoms. The molecule has 0 saturated heterocycles. The molecule has 0 saturated carbocycles. The molecule has 0 bridgehead atoms. The summed E-state index contributed by atoms with van der Waals surface area (Å²) in [5, 5.41) is 11.7. The first-order chi connectivity index (χ1) is 7.47. The van der Waals surface area contributed by atoms with Gasteiger partial charge in [-0.2, -0.15) is 5.26 Å². The van der Waals surface area contributed by atoms with E-state index in [9.17, 15) is 0 Å². The summed E-state index contributed by atoms with van der Waals surface area (Å²) in [5.74, 6) is 0. The normalized spacial score (nSPS) is 11.2. The number of halogens is 1. The van der Waals surface area contributed by atoms with Crippen molar-refractivity contribution in [3.8, 4) is 6.07 Å². The lowest BCUT2D eigenvalue weighted by Gasteiger charge is -2.27. The van der Waals surface area contributed by atoms with Crippen LogP contribution in [0.4, 0.5) is 0 Å². The van der Waals surface area contributed by atoms with Crippen molar-refractivity contribution >= 4 is 15.9 Å². The third-order valence-corrected chi connectivity index (χ3v) is 3.19. The molecule has 0 aromatic heterocycles. The quantitative estimate of drug-likeness (QED) is 0.679. The standard InChI is InChI=1S/C13H17BrN2/c1-10-4-5-11(14)8-12(10)13(2,3)9-16-7-6-15/h4-5,8,16H,7,9H2,1-3H3. The molecule has 1 aromatic rings. The molecule has 1 aromatic carbocycles. The first-order valence-corrected chi connectivity index (χ1v) is 6.11. The summed E-state index contributed by atoms with van der Waals surface area (Å²) in [6, 6.07) is 8.42. The molecule has 0 aliphatic carbocycles. The van der Waals surface area contributed by atoms with E-state index in [1.807, 2.05) is 0 Å². The lowest BCUT2D eigenvalue weighted by molar-refractivity contribution is 0.482. The average molecular weight is 281 g/mol. The number of rotatable bonds is 4. The van der Waals surface area contributed by atoms with E-state index in [1.54, 1.807) is 0 Å². The van der Waals surface area contributed by atoms with E-state index >= 15 is 0 Å². The summed E-state index contributed by atoms with van der Waals surface area (Å²) >= 11 is 3.50. The fourth-order valence-corrected chi connectivity index (χ4v) is 2.21. The predicted molar refractivity (Wildman–Crippen MR) is 70.4 cm³/mol. The molecule has 86 valence electrons. The molecule has 1 rings (SSSR count).